The van der Waals surface area contributed by atoms with Crippen LogP contribution in [-0.4, -0.2) is 17.0 Å². The van der Waals surface area contributed by atoms with E-state index in [1.165, 1.54) is 29.5 Å². The average molecular weight is 387 g/mol. The van der Waals surface area contributed by atoms with E-state index in [0.29, 0.717) is 0 Å². The molecule has 0 spiro atoms. The molecule has 0 saturated carbocycles. The topological polar surface area (TPSA) is 66.4 Å². The number of hydrogen-bond acceptors (Lipinski definition) is 2. The van der Waals surface area contributed by atoms with Crippen molar-refractivity contribution in [2.24, 2.45) is 0 Å². The van der Waals surface area contributed by atoms with Crippen molar-refractivity contribution < 1.29 is 27.9 Å². The first kappa shape index (κ1) is 15.7. The zero-order chi connectivity index (χ0) is 14.8. The number of nitrogens with one attached hydrogen (secondary N) is 1. The molecule has 1 aromatic carbocycles. The second-order valence-corrected chi connectivity index (χ2v) is 4.86. The van der Waals surface area contributed by atoms with Gasteiger partial charge in [-0.25, -0.2) is 4.79 Å². The molecule has 1 rings (SSSR count). The summed E-state index contributed by atoms with van der Waals surface area (Å²) in [7, 11) is 0. The van der Waals surface area contributed by atoms with Gasteiger partial charge in [-0.2, -0.15) is 13.2 Å². The van der Waals surface area contributed by atoms with Crippen LogP contribution in [0.1, 0.15) is 28.4 Å². The van der Waals surface area contributed by atoms with Crippen molar-refractivity contribution >= 4 is 34.5 Å². The summed E-state index contributed by atoms with van der Waals surface area (Å²) in [5.74, 6) is -1.80. The molecule has 0 aliphatic rings. The normalized spacial score (nSPS) is 11.2. The van der Waals surface area contributed by atoms with Gasteiger partial charge in [0.1, 0.15) is 0 Å². The molecule has 0 fully saturated rings. The van der Waals surface area contributed by atoms with Crippen LogP contribution in [0.4, 0.5) is 13.2 Å². The van der Waals surface area contributed by atoms with Crippen molar-refractivity contribution in [1.82, 2.24) is 5.32 Å². The number of hydrogen-bond donors (Lipinski definition) is 2. The number of alkyl halides is 3. The number of carbonyl (C=O) groups excluding carboxylic acids is 1. The van der Waals surface area contributed by atoms with Crippen LogP contribution in [0.2, 0.25) is 0 Å². The van der Waals surface area contributed by atoms with Gasteiger partial charge in [0.25, 0.3) is 0 Å². The summed E-state index contributed by atoms with van der Waals surface area (Å²) < 4.78 is 38.0. The molecular formula is C11H9F3INO3. The highest BCUT2D eigenvalue weighted by atomic mass is 127. The van der Waals surface area contributed by atoms with E-state index in [2.05, 4.69) is 5.32 Å². The zero-order valence-electron chi connectivity index (χ0n) is 9.64. The summed E-state index contributed by atoms with van der Waals surface area (Å²) in [6.45, 7) is 0.925. The number of carbonyl (C=O) groups is 2. The molecule has 104 valence electrons. The van der Waals surface area contributed by atoms with Crippen LogP contribution in [-0.2, 0) is 17.5 Å². The number of carboxylic acid groups (broad SMARTS) is 1. The van der Waals surface area contributed by atoms with E-state index in [1.54, 1.807) is 0 Å². The number of halogens is 4. The number of rotatable bonds is 3. The standard InChI is InChI=1S/C11H9F3INO3/c1-5(17)16-4-6-2-8(11(12,13)14)9(15)3-7(6)10(18)19/h2-3H,4H2,1H3,(H,16,17)(H,18,19). The number of carboxylic acids is 1. The van der Waals surface area contributed by atoms with Crippen LogP contribution >= 0.6 is 22.6 Å². The van der Waals surface area contributed by atoms with E-state index in [-0.39, 0.29) is 21.2 Å². The maximum Gasteiger partial charge on any atom is 0.417 e. The molecule has 1 aromatic rings. The molecule has 4 nitrogen and oxygen atoms in total. The number of amides is 1. The molecule has 8 heteroatoms. The molecule has 2 N–H and O–H groups in total. The Balaban J connectivity index is 3.31. The van der Waals surface area contributed by atoms with Crippen LogP contribution < -0.4 is 5.32 Å². The molecule has 0 atom stereocenters. The van der Waals surface area contributed by atoms with Crippen molar-refractivity contribution in [1.29, 1.82) is 0 Å². The largest absolute Gasteiger partial charge is 0.478 e. The monoisotopic (exact) mass is 387 g/mol. The molecule has 0 bridgehead atoms. The van der Waals surface area contributed by atoms with E-state index in [4.69, 9.17) is 5.11 Å². The van der Waals surface area contributed by atoms with Crippen molar-refractivity contribution in [2.75, 3.05) is 0 Å². The molecule has 0 aromatic heterocycles. The summed E-state index contributed by atoms with van der Waals surface area (Å²) in [5, 5.41) is 11.2. The Morgan fingerprint density at radius 1 is 1.37 bits per heavy atom. The van der Waals surface area contributed by atoms with Gasteiger partial charge < -0.3 is 10.4 Å². The molecule has 0 aliphatic heterocycles. The maximum absolute atomic E-state index is 12.7. The fourth-order valence-electron chi connectivity index (χ4n) is 1.40. The van der Waals surface area contributed by atoms with Crippen LogP contribution in [0.3, 0.4) is 0 Å². The Kier molecular flexibility index (Phi) is 4.77. The summed E-state index contributed by atoms with van der Waals surface area (Å²) in [5.41, 5.74) is -1.26. The van der Waals surface area contributed by atoms with Gasteiger partial charge in [0.05, 0.1) is 11.1 Å². The molecular weight excluding hydrogens is 378 g/mol. The van der Waals surface area contributed by atoms with Gasteiger partial charge in [-0.3, -0.25) is 4.79 Å². The SMILES string of the molecule is CC(=O)NCc1cc(C(F)(F)F)c(I)cc1C(=O)O. The molecule has 0 unspecified atom stereocenters. The number of aromatic carboxylic acids is 1. The Labute approximate surface area is 120 Å². The summed E-state index contributed by atoms with van der Waals surface area (Å²) >= 11 is 1.43. The third-order valence-corrected chi connectivity index (χ3v) is 3.15. The first-order valence-corrected chi connectivity index (χ1v) is 6.08. The molecule has 1 amide bonds. The van der Waals surface area contributed by atoms with Crippen LogP contribution in [0.5, 0.6) is 0 Å². The quantitative estimate of drug-likeness (QED) is 0.784. The predicted octanol–water partition coefficient (Wildman–Crippen LogP) is 2.64. The van der Waals surface area contributed by atoms with E-state index in [9.17, 15) is 22.8 Å². The second kappa shape index (κ2) is 5.76. The van der Waals surface area contributed by atoms with Gasteiger partial charge in [0.15, 0.2) is 0 Å². The minimum atomic E-state index is -4.57. The smallest absolute Gasteiger partial charge is 0.417 e. The molecule has 0 aliphatic carbocycles. The van der Waals surface area contributed by atoms with Gasteiger partial charge in [-0.05, 0) is 40.3 Å². The highest BCUT2D eigenvalue weighted by Crippen LogP contribution is 2.34. The maximum atomic E-state index is 12.7. The molecule has 0 heterocycles. The molecule has 19 heavy (non-hydrogen) atoms. The lowest BCUT2D eigenvalue weighted by molar-refractivity contribution is -0.138. The molecule has 0 saturated heterocycles. The van der Waals surface area contributed by atoms with Crippen molar-refractivity contribution in [3.63, 3.8) is 0 Å². The van der Waals surface area contributed by atoms with Crippen molar-refractivity contribution in [2.45, 2.75) is 19.6 Å². The highest BCUT2D eigenvalue weighted by Gasteiger charge is 2.34. The Bertz CT molecular complexity index is 529. The van der Waals surface area contributed by atoms with Crippen LogP contribution in [0, 0.1) is 3.57 Å². The lowest BCUT2D eigenvalue weighted by Gasteiger charge is -2.14. The fraction of sp³-hybridized carbons (Fsp3) is 0.273. The predicted molar refractivity (Wildman–Crippen MR) is 68.6 cm³/mol. The zero-order valence-corrected chi connectivity index (χ0v) is 11.8. The lowest BCUT2D eigenvalue weighted by atomic mass is 10.0. The average Bonchev–Trinajstić information content (AvgIpc) is 2.24. The van der Waals surface area contributed by atoms with Crippen LogP contribution in [0.25, 0.3) is 0 Å². The van der Waals surface area contributed by atoms with Gasteiger partial charge in [-0.1, -0.05) is 0 Å². The summed E-state index contributed by atoms with van der Waals surface area (Å²) in [4.78, 5) is 21.7. The fourth-order valence-corrected chi connectivity index (χ4v) is 2.17. The highest BCUT2D eigenvalue weighted by molar-refractivity contribution is 14.1. The Morgan fingerprint density at radius 3 is 2.37 bits per heavy atom. The second-order valence-electron chi connectivity index (χ2n) is 3.70. The summed E-state index contributed by atoms with van der Waals surface area (Å²) in [6.07, 6.45) is -4.57. The van der Waals surface area contributed by atoms with Gasteiger partial charge >= 0.3 is 12.1 Å². The van der Waals surface area contributed by atoms with E-state index in [0.717, 1.165) is 12.1 Å². The van der Waals surface area contributed by atoms with E-state index in [1.807, 2.05) is 0 Å². The van der Waals surface area contributed by atoms with Crippen molar-refractivity contribution in [3.05, 3.63) is 32.4 Å². The van der Waals surface area contributed by atoms with E-state index >= 15 is 0 Å². The Hall–Kier alpha value is -1.32. The van der Waals surface area contributed by atoms with E-state index < -0.39 is 23.6 Å². The first-order valence-electron chi connectivity index (χ1n) is 5.00. The Morgan fingerprint density at radius 2 is 1.95 bits per heavy atom. The third-order valence-electron chi connectivity index (χ3n) is 2.26. The lowest BCUT2D eigenvalue weighted by Crippen LogP contribution is -2.22. The molecule has 0 radical (unpaired) electrons. The van der Waals surface area contributed by atoms with Gasteiger partial charge in [0, 0.05) is 17.0 Å². The van der Waals surface area contributed by atoms with Gasteiger partial charge in [-0.15, -0.1) is 0 Å². The number of benzene rings is 1. The van der Waals surface area contributed by atoms with Crippen LogP contribution in [0.15, 0.2) is 12.1 Å². The minimum Gasteiger partial charge on any atom is -0.478 e. The summed E-state index contributed by atoms with van der Waals surface area (Å²) in [6, 6.07) is 1.70. The van der Waals surface area contributed by atoms with Gasteiger partial charge in [0.2, 0.25) is 5.91 Å². The minimum absolute atomic E-state index is 0.0876. The van der Waals surface area contributed by atoms with Crippen molar-refractivity contribution in [3.8, 4) is 0 Å². The third kappa shape index (κ3) is 4.08. The first-order chi connectivity index (χ1) is 8.62.